The van der Waals surface area contributed by atoms with E-state index in [1.54, 1.807) is 0 Å². The summed E-state index contributed by atoms with van der Waals surface area (Å²) < 4.78 is 0. The maximum absolute atomic E-state index is 2.38. The number of aryl methyl sites for hydroxylation is 2. The molecule has 0 heteroatoms. The van der Waals surface area contributed by atoms with Crippen molar-refractivity contribution in [2.45, 2.75) is 13.8 Å². The summed E-state index contributed by atoms with van der Waals surface area (Å²) >= 11 is 0. The fraction of sp³-hybridized carbons (Fsp3) is 0.0500. The highest BCUT2D eigenvalue weighted by molar-refractivity contribution is 6.28. The van der Waals surface area contributed by atoms with Crippen molar-refractivity contribution in [3.05, 3.63) is 145 Å². The van der Waals surface area contributed by atoms with Gasteiger partial charge in [-0.1, -0.05) is 145 Å². The van der Waals surface area contributed by atoms with E-state index in [0.29, 0.717) is 0 Å². The number of hydrogen-bond acceptors (Lipinski definition) is 0. The maximum atomic E-state index is 2.38. The lowest BCUT2D eigenvalue weighted by atomic mass is 9.82. The van der Waals surface area contributed by atoms with Crippen LogP contribution in [-0.2, 0) is 0 Å². The van der Waals surface area contributed by atoms with E-state index in [-0.39, 0.29) is 0 Å². The van der Waals surface area contributed by atoms with Gasteiger partial charge in [0, 0.05) is 0 Å². The summed E-state index contributed by atoms with van der Waals surface area (Å²) in [6.07, 6.45) is 0. The highest BCUT2D eigenvalue weighted by Crippen LogP contribution is 2.58. The molecule has 0 saturated carbocycles. The Bertz CT molecular complexity index is 1980. The van der Waals surface area contributed by atoms with Gasteiger partial charge in [-0.2, -0.15) is 0 Å². The largest absolute Gasteiger partial charge is 0.0622 e. The summed E-state index contributed by atoms with van der Waals surface area (Å²) in [5.74, 6) is 0. The molecule has 7 aromatic carbocycles. The van der Waals surface area contributed by atoms with Crippen molar-refractivity contribution in [1.29, 1.82) is 0 Å². The van der Waals surface area contributed by atoms with Crippen LogP contribution in [0.2, 0.25) is 0 Å². The van der Waals surface area contributed by atoms with Crippen LogP contribution in [-0.4, -0.2) is 0 Å². The molecule has 8 rings (SSSR count). The molecule has 40 heavy (non-hydrogen) atoms. The summed E-state index contributed by atoms with van der Waals surface area (Å²) in [6, 6.07) is 49.3. The second-order valence-corrected chi connectivity index (χ2v) is 11.0. The van der Waals surface area contributed by atoms with Crippen molar-refractivity contribution in [3.63, 3.8) is 0 Å². The van der Waals surface area contributed by atoms with Crippen LogP contribution in [0.4, 0.5) is 0 Å². The molecule has 1 aliphatic rings. The van der Waals surface area contributed by atoms with Crippen molar-refractivity contribution in [1.82, 2.24) is 0 Å². The Morgan fingerprint density at radius 1 is 0.325 bits per heavy atom. The summed E-state index contributed by atoms with van der Waals surface area (Å²) in [6.45, 7) is 4.38. The molecule has 0 aliphatic heterocycles. The first-order valence-electron chi connectivity index (χ1n) is 14.0. The van der Waals surface area contributed by atoms with E-state index in [1.165, 1.54) is 88.3 Å². The second kappa shape index (κ2) is 8.79. The SMILES string of the molecule is Cc1cc(C)cc(-c2ccc3c4c(cccc24)-c2c-3c(-c3ccccc3)c3ccccc3c2-c2ccccc2)c1. The molecule has 188 valence electrons. The molecule has 0 atom stereocenters. The number of fused-ring (bicyclic) bond motifs is 4. The maximum Gasteiger partial charge on any atom is -0.000741 e. The molecule has 0 spiro atoms. The summed E-state index contributed by atoms with van der Waals surface area (Å²) in [7, 11) is 0. The molecule has 0 fully saturated rings. The van der Waals surface area contributed by atoms with E-state index < -0.39 is 0 Å². The third-order valence-electron chi connectivity index (χ3n) is 8.45. The van der Waals surface area contributed by atoms with Gasteiger partial charge in [-0.25, -0.2) is 0 Å². The monoisotopic (exact) mass is 508 g/mol. The zero-order valence-corrected chi connectivity index (χ0v) is 22.7. The first-order chi connectivity index (χ1) is 19.7. The van der Waals surface area contributed by atoms with Crippen molar-refractivity contribution < 1.29 is 0 Å². The number of benzene rings is 7. The van der Waals surface area contributed by atoms with Crippen molar-refractivity contribution in [2.24, 2.45) is 0 Å². The predicted molar refractivity (Wildman–Crippen MR) is 172 cm³/mol. The summed E-state index contributed by atoms with van der Waals surface area (Å²) in [4.78, 5) is 0. The van der Waals surface area contributed by atoms with Crippen LogP contribution in [0.3, 0.4) is 0 Å². The number of rotatable bonds is 3. The Morgan fingerprint density at radius 2 is 0.800 bits per heavy atom. The molecule has 0 aromatic heterocycles. The van der Waals surface area contributed by atoms with Gasteiger partial charge in [-0.15, -0.1) is 0 Å². The van der Waals surface area contributed by atoms with Crippen LogP contribution in [0, 0.1) is 13.8 Å². The lowest BCUT2D eigenvalue weighted by Gasteiger charge is -2.20. The van der Waals surface area contributed by atoms with E-state index in [2.05, 4.69) is 147 Å². The molecular formula is C40H28. The predicted octanol–water partition coefficient (Wildman–Crippen LogP) is 11.3. The zero-order valence-electron chi connectivity index (χ0n) is 22.7. The minimum absolute atomic E-state index is 1.26. The fourth-order valence-electron chi connectivity index (χ4n) is 6.99. The first kappa shape index (κ1) is 23.0. The van der Waals surface area contributed by atoms with Crippen LogP contribution in [0.5, 0.6) is 0 Å². The molecule has 0 saturated heterocycles. The molecule has 0 heterocycles. The van der Waals surface area contributed by atoms with Gasteiger partial charge in [-0.05, 0) is 91.0 Å². The van der Waals surface area contributed by atoms with Gasteiger partial charge in [0.05, 0.1) is 0 Å². The molecule has 1 aliphatic carbocycles. The Balaban J connectivity index is 1.57. The fourth-order valence-corrected chi connectivity index (χ4v) is 6.99. The van der Waals surface area contributed by atoms with Gasteiger partial charge in [0.15, 0.2) is 0 Å². The highest BCUT2D eigenvalue weighted by atomic mass is 14.3. The smallest absolute Gasteiger partial charge is 0.000741 e. The van der Waals surface area contributed by atoms with Crippen LogP contribution in [0.1, 0.15) is 11.1 Å². The molecular weight excluding hydrogens is 480 g/mol. The summed E-state index contributed by atoms with van der Waals surface area (Å²) in [5.41, 5.74) is 15.7. The van der Waals surface area contributed by atoms with Crippen LogP contribution < -0.4 is 0 Å². The molecule has 0 N–H and O–H groups in total. The van der Waals surface area contributed by atoms with E-state index >= 15 is 0 Å². The molecule has 0 bridgehead atoms. The van der Waals surface area contributed by atoms with Gasteiger partial charge >= 0.3 is 0 Å². The Morgan fingerprint density at radius 3 is 1.38 bits per heavy atom. The van der Waals surface area contributed by atoms with Crippen molar-refractivity contribution >= 4 is 21.5 Å². The van der Waals surface area contributed by atoms with E-state index in [4.69, 9.17) is 0 Å². The lowest BCUT2D eigenvalue weighted by molar-refractivity contribution is 1.39. The Kier molecular flexibility index (Phi) is 5.06. The Hall–Kier alpha value is -4.94. The summed E-state index contributed by atoms with van der Waals surface area (Å²) in [5, 5.41) is 5.27. The van der Waals surface area contributed by atoms with Crippen molar-refractivity contribution in [2.75, 3.05) is 0 Å². The second-order valence-electron chi connectivity index (χ2n) is 11.0. The third kappa shape index (κ3) is 3.33. The van der Waals surface area contributed by atoms with Gasteiger partial charge in [0.1, 0.15) is 0 Å². The van der Waals surface area contributed by atoms with E-state index in [0.717, 1.165) is 0 Å². The van der Waals surface area contributed by atoms with Gasteiger partial charge in [0.25, 0.3) is 0 Å². The first-order valence-corrected chi connectivity index (χ1v) is 14.0. The Labute approximate surface area is 235 Å². The molecule has 0 radical (unpaired) electrons. The standard InChI is InChI=1S/C40H28/c1-25-22-26(2)24-29(23-25)30-20-21-35-38-31(30)18-11-19-34(38)39-36(27-12-5-3-6-13-27)32-16-9-10-17-33(32)37(40(35)39)28-14-7-4-8-15-28/h3-24H,1-2H3. The van der Waals surface area contributed by atoms with Crippen LogP contribution in [0.25, 0.3) is 77.2 Å². The van der Waals surface area contributed by atoms with Gasteiger partial charge < -0.3 is 0 Å². The van der Waals surface area contributed by atoms with E-state index in [9.17, 15) is 0 Å². The molecule has 0 unspecified atom stereocenters. The van der Waals surface area contributed by atoms with Crippen molar-refractivity contribution in [3.8, 4) is 55.6 Å². The quantitative estimate of drug-likeness (QED) is 0.223. The lowest BCUT2D eigenvalue weighted by Crippen LogP contribution is -1.93. The highest BCUT2D eigenvalue weighted by Gasteiger charge is 2.31. The number of hydrogen-bond donors (Lipinski definition) is 0. The van der Waals surface area contributed by atoms with E-state index in [1.807, 2.05) is 0 Å². The average molecular weight is 509 g/mol. The third-order valence-corrected chi connectivity index (χ3v) is 8.45. The topological polar surface area (TPSA) is 0 Å². The average Bonchev–Trinajstić information content (AvgIpc) is 3.31. The zero-order chi connectivity index (χ0) is 26.8. The van der Waals surface area contributed by atoms with Gasteiger partial charge in [-0.3, -0.25) is 0 Å². The minimum Gasteiger partial charge on any atom is -0.0622 e. The minimum atomic E-state index is 1.26. The molecule has 0 amide bonds. The van der Waals surface area contributed by atoms with Crippen LogP contribution in [0.15, 0.2) is 133 Å². The normalized spacial score (nSPS) is 11.8. The molecule has 7 aromatic rings. The van der Waals surface area contributed by atoms with Crippen LogP contribution >= 0.6 is 0 Å². The van der Waals surface area contributed by atoms with Gasteiger partial charge in [0.2, 0.25) is 0 Å². The molecule has 0 nitrogen and oxygen atoms in total.